The van der Waals surface area contributed by atoms with Gasteiger partial charge in [-0.05, 0) is 147 Å². The molecule has 5 saturated heterocycles. The van der Waals surface area contributed by atoms with Crippen molar-refractivity contribution in [3.8, 4) is 0 Å². The third-order valence-corrected chi connectivity index (χ3v) is 25.3. The number of carbonyl (C=O) groups excluding carboxylic acids is 5. The Hall–Kier alpha value is -12.6. The van der Waals surface area contributed by atoms with Crippen LogP contribution in [-0.2, 0) is 113 Å². The average molecular weight is 2050 g/mol. The molecule has 0 aliphatic carbocycles. The summed E-state index contributed by atoms with van der Waals surface area (Å²) in [5.41, 5.74) is -10.7. The van der Waals surface area contributed by atoms with E-state index in [0.717, 1.165) is 49.9 Å². The van der Waals surface area contributed by atoms with Crippen LogP contribution in [-0.4, -0.2) is 315 Å². The first kappa shape index (κ1) is 71.0. The highest BCUT2D eigenvalue weighted by atomic mass is 16.5. The Labute approximate surface area is 898 Å². The van der Waals surface area contributed by atoms with Crippen molar-refractivity contribution in [3.05, 3.63) is 204 Å². The lowest BCUT2D eigenvalue weighted by Crippen LogP contribution is -2.59. The van der Waals surface area contributed by atoms with E-state index in [1.165, 1.54) is 36.3 Å². The SMILES string of the molecule is [2H]C([2H])([2H])CC(=O)N(c1ccccc1)C1(OC([2H])([2H])[2H])CCN(CC([2H])([2H])n2nnn(CC)c2=O)CC1.[2H]C([2H])([2H])OC1(N(C(=O)C([2H])([2H])C([2H])([2H])[2H])c2ccccc2)CCN(CC([2H])([2H])n2nnn(CC)c2=O)CC1.[2H]C([2H])([2H])OC1(N(C(=O)C([2H])([2H])C)c2ccccc2)CCN(CC([2H])([2H])n2nnn(CC)c2=O)CC1.[2H]C([2H])([2H])OC1(N(C(=O)CC)c2ccccc2)CCN(CC([2H])([2H])n2nnn(CC)c2=O)CC1.[2H]c1c([2H])c([2H])c(N(C(=O)CC)C2(OC)CCN(CC([2H])([2H])n3nnn(CC)c3=O)CC2)c([2H])c1[2H]. The molecule has 0 bridgehead atoms. The first-order valence-corrected chi connectivity index (χ1v) is 47.4. The van der Waals surface area contributed by atoms with Gasteiger partial charge >= 0.3 is 28.4 Å². The van der Waals surface area contributed by atoms with Gasteiger partial charge in [0.25, 0.3) is 0 Å². The smallest absolute Gasteiger partial charge is 0.358 e. The summed E-state index contributed by atoms with van der Waals surface area (Å²) in [7, 11) is -10.2. The molecule has 0 spiro atoms. The number of carbonyl (C=O) groups is 5. The standard InChI is InChI=1S/5C20H30N6O3/c5*1-4-18(27)26(17-9-7-6-8-10-17)20(29-3)11-13-23(14-12-20)15-16-25-19(28)24(5-2)21-22-25/h5*6-10H,4-5,11-16H2,1-3H3/i6D,7D,8D,9D,10D,16D2;1D3,3D3,4D2,16D2;3D3,4D2,16D2;1D3,3D3,16D2;3D3,16D2. The van der Waals surface area contributed by atoms with Crippen LogP contribution in [0, 0.1) is 0 Å². The Bertz CT molecular complexity index is 7700. The lowest BCUT2D eigenvalue weighted by atomic mass is 9.96. The second-order valence-electron chi connectivity index (χ2n) is 33.5. The summed E-state index contributed by atoms with van der Waals surface area (Å²) in [6.07, 6.45) is -6.43. The van der Waals surface area contributed by atoms with Crippen molar-refractivity contribution in [2.75, 3.05) is 158 Å². The summed E-state index contributed by atoms with van der Waals surface area (Å²) in [6.45, 7) is -2.80. The number of hydrogen-bond acceptors (Lipinski definition) is 30. The molecule has 0 saturated carbocycles. The number of benzene rings is 5. The van der Waals surface area contributed by atoms with Gasteiger partial charge in [-0.25, -0.2) is 24.0 Å². The third-order valence-electron chi connectivity index (χ3n) is 25.3. The minimum Gasteiger partial charge on any atom is -0.358 e. The first-order valence-electron chi connectivity index (χ1n) is 65.9. The van der Waals surface area contributed by atoms with Crippen molar-refractivity contribution in [3.63, 3.8) is 0 Å². The van der Waals surface area contributed by atoms with E-state index in [4.69, 9.17) is 74.4 Å². The molecule has 5 fully saturated rings. The molecule has 10 aromatic rings. The van der Waals surface area contributed by atoms with E-state index in [2.05, 4.69) is 52.1 Å². The van der Waals surface area contributed by atoms with Gasteiger partial charge in [0.1, 0.15) is 28.6 Å². The molecule has 10 heterocycles. The van der Waals surface area contributed by atoms with Gasteiger partial charge in [0, 0.05) is 305 Å². The summed E-state index contributed by atoms with van der Waals surface area (Å²) in [5, 5.41) is 36.5. The number of rotatable bonds is 40. The number of anilines is 5. The highest BCUT2D eigenvalue weighted by Crippen LogP contribution is 2.41. The van der Waals surface area contributed by atoms with Crippen LogP contribution in [0.25, 0.3) is 0 Å². The summed E-state index contributed by atoms with van der Waals surface area (Å²) in [4.78, 5) is 142. The Morgan fingerprint density at radius 1 is 0.290 bits per heavy atom. The molecular formula is C100H150N30O15. The maximum Gasteiger partial charge on any atom is 0.363 e. The summed E-state index contributed by atoms with van der Waals surface area (Å²) in [6, 6.07) is 29.9. The molecule has 45 heteroatoms. The van der Waals surface area contributed by atoms with Crippen molar-refractivity contribution in [1.29, 1.82) is 0 Å². The number of amides is 5. The maximum absolute atomic E-state index is 13.6. The third kappa shape index (κ3) is 27.6. The van der Waals surface area contributed by atoms with Crippen molar-refractivity contribution < 1.29 is 98.4 Å². The lowest BCUT2D eigenvalue weighted by Gasteiger charge is -2.47. The fraction of sp³-hybridized carbons (Fsp3) is 0.600. The monoisotopic (exact) mass is 2050 g/mol. The van der Waals surface area contributed by atoms with Crippen LogP contribution in [0.2, 0.25) is 0 Å². The van der Waals surface area contributed by atoms with E-state index >= 15 is 0 Å². The van der Waals surface area contributed by atoms with Crippen molar-refractivity contribution in [2.45, 2.75) is 259 Å². The molecule has 5 aromatic heterocycles. The predicted molar refractivity (Wildman–Crippen MR) is 548 cm³/mol. The fourth-order valence-electron chi connectivity index (χ4n) is 17.1. The zero-order chi connectivity index (χ0) is 136. The maximum atomic E-state index is 13.6. The number of nitrogens with zero attached hydrogens (tertiary/aromatic N) is 30. The Morgan fingerprint density at radius 2 is 0.503 bits per heavy atom. The number of ether oxygens (including phenoxy) is 5. The van der Waals surface area contributed by atoms with Gasteiger partial charge in [0.15, 0.2) is 0 Å². The minimum atomic E-state index is -3.38. The summed E-state index contributed by atoms with van der Waals surface area (Å²) in [5.74, 6) is -4.01. The average Bonchev–Trinajstić information content (AvgIpc) is 1.99. The molecule has 5 aliphatic heterocycles. The van der Waals surface area contributed by atoms with E-state index in [9.17, 15) is 47.9 Å². The summed E-state index contributed by atoms with van der Waals surface area (Å²) < 4.78 is 332. The number of para-hydroxylation sites is 5. The van der Waals surface area contributed by atoms with E-state index in [1.807, 2.05) is 0 Å². The molecule has 0 radical (unpaired) electrons. The van der Waals surface area contributed by atoms with Crippen LogP contribution in [0.5, 0.6) is 0 Å². The number of hydrogen-bond donors (Lipinski definition) is 0. The van der Waals surface area contributed by atoms with Crippen LogP contribution in [0.1, 0.15) is 216 Å². The minimum absolute atomic E-state index is 0.00948. The van der Waals surface area contributed by atoms with Gasteiger partial charge < -0.3 is 48.2 Å². The van der Waals surface area contributed by atoms with Crippen LogP contribution in [0.3, 0.4) is 0 Å². The Balaban J connectivity index is 0.000000211. The van der Waals surface area contributed by atoms with Gasteiger partial charge in [0.05, 0.1) is 69.5 Å². The molecule has 15 rings (SSSR count). The van der Waals surface area contributed by atoms with Crippen LogP contribution >= 0.6 is 0 Å². The number of tetrazole rings is 5. The molecule has 45 nitrogen and oxygen atoms in total. The highest BCUT2D eigenvalue weighted by Gasteiger charge is 2.49. The number of aryl methyl sites for hydroxylation is 5. The van der Waals surface area contributed by atoms with Crippen LogP contribution in [0.4, 0.5) is 28.4 Å². The number of likely N-dealkylation sites (tertiary alicyclic amines) is 5. The van der Waals surface area contributed by atoms with Gasteiger partial charge in [-0.3, -0.25) is 48.5 Å². The Kier molecular flexibility index (Phi) is 26.7. The quantitative estimate of drug-likeness (QED) is 0.0360. The fourth-order valence-corrected chi connectivity index (χ4v) is 17.1. The molecule has 5 aromatic carbocycles. The largest absolute Gasteiger partial charge is 0.363 e. The molecule has 790 valence electrons. The molecule has 145 heavy (non-hydrogen) atoms. The van der Waals surface area contributed by atoms with Crippen LogP contribution in [0.15, 0.2) is 176 Å². The molecule has 5 amide bonds. The van der Waals surface area contributed by atoms with Crippen LogP contribution < -0.4 is 52.9 Å². The van der Waals surface area contributed by atoms with Crippen molar-refractivity contribution in [1.82, 2.24) is 123 Å². The van der Waals surface area contributed by atoms with Gasteiger partial charge in [0.2, 0.25) is 29.5 Å². The van der Waals surface area contributed by atoms with E-state index < -0.39 is 204 Å². The molecule has 0 unspecified atom stereocenters. The zero-order valence-electron chi connectivity index (χ0n) is 119. The molecule has 5 aliphatic rings. The molecule has 0 N–H and O–H groups in total. The van der Waals surface area contributed by atoms with Gasteiger partial charge in [-0.15, -0.1) is 0 Å². The summed E-state index contributed by atoms with van der Waals surface area (Å²) >= 11 is 0. The van der Waals surface area contributed by atoms with Gasteiger partial charge in [-0.2, -0.15) is 46.8 Å². The molecule has 0 atom stereocenters. The van der Waals surface area contributed by atoms with Gasteiger partial charge in [-0.1, -0.05) is 125 Å². The number of aromatic nitrogens is 20. The number of methoxy groups -OCH3 is 5. The topological polar surface area (TPSA) is 427 Å². The van der Waals surface area contributed by atoms with E-state index in [1.54, 1.807) is 170 Å². The van der Waals surface area contributed by atoms with E-state index in [0.29, 0.717) is 29.1 Å². The number of piperidine rings is 5. The normalized spacial score (nSPS) is 21.6. The predicted octanol–water partition coefficient (Wildman–Crippen LogP) is 6.71. The zero-order valence-corrected chi connectivity index (χ0v) is 82.4. The lowest BCUT2D eigenvalue weighted by molar-refractivity contribution is -0.129. The first-order chi connectivity index (χ1) is 84.3. The Morgan fingerprint density at radius 3 is 0.703 bits per heavy atom. The second-order valence-corrected chi connectivity index (χ2v) is 33.5. The second kappa shape index (κ2) is 54.5. The molecular weight excluding hydrogens is 1860 g/mol. The van der Waals surface area contributed by atoms with Crippen molar-refractivity contribution >= 4 is 58.0 Å². The van der Waals surface area contributed by atoms with E-state index in [-0.39, 0.29) is 237 Å². The van der Waals surface area contributed by atoms with Crippen molar-refractivity contribution in [2.24, 2.45) is 0 Å². The highest BCUT2D eigenvalue weighted by molar-refractivity contribution is 5.97.